The first kappa shape index (κ1) is 22.5. The highest BCUT2D eigenvalue weighted by atomic mass is 32.1. The molecule has 0 aliphatic heterocycles. The summed E-state index contributed by atoms with van der Waals surface area (Å²) in [4.78, 5) is 28.8. The first-order chi connectivity index (χ1) is 16.4. The molecule has 0 bridgehead atoms. The van der Waals surface area contributed by atoms with Gasteiger partial charge in [0.15, 0.2) is 11.6 Å². The molecule has 0 unspecified atom stereocenters. The van der Waals surface area contributed by atoms with E-state index in [4.69, 9.17) is 9.97 Å². The van der Waals surface area contributed by atoms with E-state index in [0.717, 1.165) is 34.2 Å². The van der Waals surface area contributed by atoms with Crippen molar-refractivity contribution in [3.05, 3.63) is 47.6 Å². The minimum Gasteiger partial charge on any atom is -0.396 e. The van der Waals surface area contributed by atoms with E-state index in [-0.39, 0.29) is 24.6 Å². The minimum atomic E-state index is -0.120. The lowest BCUT2D eigenvalue weighted by molar-refractivity contribution is 0.0948. The summed E-state index contributed by atoms with van der Waals surface area (Å²) in [6.07, 6.45) is 5.34. The lowest BCUT2D eigenvalue weighted by Gasteiger charge is -2.35. The van der Waals surface area contributed by atoms with Crippen molar-refractivity contribution in [1.29, 1.82) is 0 Å². The lowest BCUT2D eigenvalue weighted by atomic mass is 9.81. The van der Waals surface area contributed by atoms with Crippen molar-refractivity contribution in [3.8, 4) is 22.8 Å². The van der Waals surface area contributed by atoms with Crippen molar-refractivity contribution < 1.29 is 9.90 Å². The molecule has 9 heteroatoms. The number of fused-ring (bicyclic) bond motifs is 1. The van der Waals surface area contributed by atoms with Crippen LogP contribution in [-0.2, 0) is 7.05 Å². The van der Waals surface area contributed by atoms with Crippen LogP contribution in [0.15, 0.2) is 42.7 Å². The highest BCUT2D eigenvalue weighted by Gasteiger charge is 2.31. The monoisotopic (exact) mass is 476 g/mol. The number of nitrogens with zero attached hydrogens (tertiary/aromatic N) is 4. The van der Waals surface area contributed by atoms with Gasteiger partial charge in [0.05, 0.1) is 5.39 Å². The molecule has 1 amide bonds. The maximum atomic E-state index is 13.3. The van der Waals surface area contributed by atoms with Gasteiger partial charge < -0.3 is 20.3 Å². The molecule has 34 heavy (non-hydrogen) atoms. The minimum absolute atomic E-state index is 0.0125. The van der Waals surface area contributed by atoms with Gasteiger partial charge in [-0.15, -0.1) is 11.3 Å². The average molecular weight is 477 g/mol. The van der Waals surface area contributed by atoms with Crippen molar-refractivity contribution >= 4 is 33.3 Å². The SMILES string of the molecule is CC(C)NC(=O)c1sc2nc(-c3nccn3C)nc(NC3CC(CO)C3)c2c1-c1ccccc1. The maximum Gasteiger partial charge on any atom is 0.262 e. The molecule has 3 aromatic heterocycles. The van der Waals surface area contributed by atoms with Gasteiger partial charge >= 0.3 is 0 Å². The number of hydrogen-bond acceptors (Lipinski definition) is 7. The van der Waals surface area contributed by atoms with E-state index < -0.39 is 0 Å². The number of imidazole rings is 1. The van der Waals surface area contributed by atoms with Crippen LogP contribution in [0, 0.1) is 5.92 Å². The second-order valence-electron chi connectivity index (χ2n) is 9.10. The molecule has 1 aliphatic rings. The van der Waals surface area contributed by atoms with E-state index in [1.807, 2.05) is 62.0 Å². The van der Waals surface area contributed by atoms with Gasteiger partial charge in [0, 0.05) is 43.7 Å². The Hall–Kier alpha value is -3.30. The van der Waals surface area contributed by atoms with Crippen LogP contribution in [0.5, 0.6) is 0 Å². The van der Waals surface area contributed by atoms with Crippen molar-refractivity contribution in [2.75, 3.05) is 11.9 Å². The van der Waals surface area contributed by atoms with E-state index >= 15 is 0 Å². The number of benzene rings is 1. The Balaban J connectivity index is 1.72. The zero-order chi connectivity index (χ0) is 23.8. The summed E-state index contributed by atoms with van der Waals surface area (Å²) in [6, 6.07) is 10.1. The molecule has 1 saturated carbocycles. The number of aliphatic hydroxyl groups excluding tert-OH is 1. The standard InChI is InChI=1S/C25H28N6O2S/c1-14(2)27-24(33)20-18(16-7-5-4-6-8-16)19-21(28-17-11-15(12-17)13-32)29-22(30-25(19)34-20)23-26-9-10-31(23)3/h4-10,14-15,17,32H,11-13H2,1-3H3,(H,27,33)(H,28,29,30). The van der Waals surface area contributed by atoms with Gasteiger partial charge in [-0.05, 0) is 38.2 Å². The van der Waals surface area contributed by atoms with Crippen LogP contribution in [0.1, 0.15) is 36.4 Å². The van der Waals surface area contributed by atoms with E-state index in [0.29, 0.717) is 28.3 Å². The molecule has 0 saturated heterocycles. The first-order valence-electron chi connectivity index (χ1n) is 11.5. The zero-order valence-corrected chi connectivity index (χ0v) is 20.3. The molecule has 3 heterocycles. The molecule has 1 aromatic carbocycles. The topological polar surface area (TPSA) is 105 Å². The summed E-state index contributed by atoms with van der Waals surface area (Å²) in [7, 11) is 1.91. The number of amides is 1. The maximum absolute atomic E-state index is 13.3. The number of aliphatic hydroxyl groups is 1. The Kier molecular flexibility index (Phi) is 6.05. The van der Waals surface area contributed by atoms with Gasteiger partial charge in [-0.3, -0.25) is 4.79 Å². The summed E-state index contributed by atoms with van der Waals surface area (Å²) in [6.45, 7) is 4.10. The number of aromatic nitrogens is 4. The third-order valence-corrected chi connectivity index (χ3v) is 7.18. The summed E-state index contributed by atoms with van der Waals surface area (Å²) in [5.41, 5.74) is 1.78. The molecule has 8 nitrogen and oxygen atoms in total. The Morgan fingerprint density at radius 3 is 2.65 bits per heavy atom. The second kappa shape index (κ2) is 9.15. The molecule has 5 rings (SSSR count). The predicted octanol–water partition coefficient (Wildman–Crippen LogP) is 4.08. The van der Waals surface area contributed by atoms with Gasteiger partial charge in [0.25, 0.3) is 5.91 Å². The van der Waals surface area contributed by atoms with Crippen LogP contribution < -0.4 is 10.6 Å². The number of nitrogens with one attached hydrogen (secondary N) is 2. The summed E-state index contributed by atoms with van der Waals surface area (Å²) >= 11 is 1.38. The number of carbonyl (C=O) groups is 1. The third-order valence-electron chi connectivity index (χ3n) is 6.10. The van der Waals surface area contributed by atoms with Crippen LogP contribution in [0.25, 0.3) is 33.0 Å². The number of aryl methyl sites for hydroxylation is 1. The molecule has 0 atom stereocenters. The fraction of sp³-hybridized carbons (Fsp3) is 0.360. The number of rotatable bonds is 7. The Labute approximate surface area is 202 Å². The molecule has 1 fully saturated rings. The average Bonchev–Trinajstić information content (AvgIpc) is 3.39. The van der Waals surface area contributed by atoms with Gasteiger partial charge in [-0.1, -0.05) is 30.3 Å². The fourth-order valence-corrected chi connectivity index (χ4v) is 5.45. The first-order valence-corrected chi connectivity index (χ1v) is 12.3. The molecule has 0 spiro atoms. The fourth-order valence-electron chi connectivity index (χ4n) is 4.35. The van der Waals surface area contributed by atoms with Crippen molar-refractivity contribution in [2.24, 2.45) is 13.0 Å². The van der Waals surface area contributed by atoms with E-state index in [1.165, 1.54) is 11.3 Å². The molecule has 176 valence electrons. The smallest absolute Gasteiger partial charge is 0.262 e. The summed E-state index contributed by atoms with van der Waals surface area (Å²) < 4.78 is 1.88. The van der Waals surface area contributed by atoms with Crippen LogP contribution in [0.4, 0.5) is 5.82 Å². The predicted molar refractivity (Wildman–Crippen MR) is 135 cm³/mol. The highest BCUT2D eigenvalue weighted by molar-refractivity contribution is 7.21. The van der Waals surface area contributed by atoms with E-state index in [9.17, 15) is 9.90 Å². The zero-order valence-electron chi connectivity index (χ0n) is 19.4. The molecular weight excluding hydrogens is 448 g/mol. The number of thiophene rings is 1. The van der Waals surface area contributed by atoms with Gasteiger partial charge in [0.2, 0.25) is 0 Å². The lowest BCUT2D eigenvalue weighted by Crippen LogP contribution is -2.37. The number of hydrogen-bond donors (Lipinski definition) is 3. The van der Waals surface area contributed by atoms with Crippen molar-refractivity contribution in [3.63, 3.8) is 0 Å². The van der Waals surface area contributed by atoms with Crippen LogP contribution in [0.2, 0.25) is 0 Å². The molecule has 0 radical (unpaired) electrons. The Morgan fingerprint density at radius 1 is 1.24 bits per heavy atom. The number of carbonyl (C=O) groups excluding carboxylic acids is 1. The van der Waals surface area contributed by atoms with Gasteiger partial charge in [-0.2, -0.15) is 0 Å². The normalized spacial score (nSPS) is 17.7. The highest BCUT2D eigenvalue weighted by Crippen LogP contribution is 2.43. The molecule has 1 aliphatic carbocycles. The van der Waals surface area contributed by atoms with Crippen molar-refractivity contribution in [2.45, 2.75) is 38.8 Å². The molecule has 3 N–H and O–H groups in total. The Morgan fingerprint density at radius 2 is 2.00 bits per heavy atom. The second-order valence-corrected chi connectivity index (χ2v) is 10.1. The van der Waals surface area contributed by atoms with E-state index in [2.05, 4.69) is 15.6 Å². The summed E-state index contributed by atoms with van der Waals surface area (Å²) in [5.74, 6) is 2.06. The van der Waals surface area contributed by atoms with Crippen LogP contribution in [-0.4, -0.2) is 49.2 Å². The Bertz CT molecular complexity index is 1320. The van der Waals surface area contributed by atoms with Crippen LogP contribution >= 0.6 is 11.3 Å². The van der Waals surface area contributed by atoms with Gasteiger partial charge in [0.1, 0.15) is 15.5 Å². The molecule has 4 aromatic rings. The third kappa shape index (κ3) is 4.17. The van der Waals surface area contributed by atoms with Crippen LogP contribution in [0.3, 0.4) is 0 Å². The quantitative estimate of drug-likeness (QED) is 0.371. The van der Waals surface area contributed by atoms with E-state index in [1.54, 1.807) is 6.20 Å². The molecular formula is C25H28N6O2S. The summed E-state index contributed by atoms with van der Waals surface area (Å²) in [5, 5.41) is 16.9. The van der Waals surface area contributed by atoms with Gasteiger partial charge in [-0.25, -0.2) is 15.0 Å². The number of anilines is 1. The van der Waals surface area contributed by atoms with Crippen molar-refractivity contribution in [1.82, 2.24) is 24.8 Å². The largest absolute Gasteiger partial charge is 0.396 e.